The SMILES string of the molecule is N#CCSCC1CNC1. The molecule has 0 aromatic heterocycles. The second-order valence-corrected chi connectivity index (χ2v) is 3.23. The third-order valence-corrected chi connectivity index (χ3v) is 2.43. The monoisotopic (exact) mass is 142 g/mol. The lowest BCUT2D eigenvalue weighted by molar-refractivity contribution is 0.385. The summed E-state index contributed by atoms with van der Waals surface area (Å²) in [5.74, 6) is 2.64. The van der Waals surface area contributed by atoms with Crippen LogP contribution in [0, 0.1) is 17.2 Å². The highest BCUT2D eigenvalue weighted by molar-refractivity contribution is 7.99. The molecule has 50 valence electrons. The van der Waals surface area contributed by atoms with E-state index < -0.39 is 0 Å². The zero-order chi connectivity index (χ0) is 6.53. The van der Waals surface area contributed by atoms with Crippen molar-refractivity contribution in [3.8, 4) is 6.07 Å². The van der Waals surface area contributed by atoms with Gasteiger partial charge in [0.2, 0.25) is 0 Å². The van der Waals surface area contributed by atoms with E-state index in [1.807, 2.05) is 0 Å². The Morgan fingerprint density at radius 3 is 2.89 bits per heavy atom. The number of nitrogens with zero attached hydrogens (tertiary/aromatic N) is 1. The van der Waals surface area contributed by atoms with Gasteiger partial charge >= 0.3 is 0 Å². The highest BCUT2D eigenvalue weighted by atomic mass is 32.2. The lowest BCUT2D eigenvalue weighted by Gasteiger charge is -2.25. The molecule has 1 N–H and O–H groups in total. The maximum Gasteiger partial charge on any atom is 0.0808 e. The first kappa shape index (κ1) is 6.91. The van der Waals surface area contributed by atoms with Crippen LogP contribution >= 0.6 is 11.8 Å². The zero-order valence-electron chi connectivity index (χ0n) is 5.26. The molecule has 0 unspecified atom stereocenters. The molecule has 0 aromatic rings. The first-order chi connectivity index (χ1) is 4.43. The molecule has 1 fully saturated rings. The number of hydrogen-bond acceptors (Lipinski definition) is 3. The molecule has 0 atom stereocenters. The molecule has 1 heterocycles. The fourth-order valence-electron chi connectivity index (χ4n) is 0.738. The topological polar surface area (TPSA) is 35.8 Å². The predicted molar refractivity (Wildman–Crippen MR) is 39.3 cm³/mol. The number of rotatable bonds is 3. The number of nitrogens with one attached hydrogen (secondary N) is 1. The molecule has 0 saturated carbocycles. The van der Waals surface area contributed by atoms with Gasteiger partial charge in [-0.25, -0.2) is 0 Å². The molecular formula is C6H10N2S. The van der Waals surface area contributed by atoms with Crippen LogP contribution in [-0.4, -0.2) is 24.6 Å². The van der Waals surface area contributed by atoms with Crippen LogP contribution in [0.2, 0.25) is 0 Å². The molecule has 1 aliphatic heterocycles. The maximum atomic E-state index is 8.18. The highest BCUT2D eigenvalue weighted by Crippen LogP contribution is 2.10. The Balaban J connectivity index is 1.87. The van der Waals surface area contributed by atoms with Crippen LogP contribution in [0.1, 0.15) is 0 Å². The normalized spacial score (nSPS) is 18.6. The molecular weight excluding hydrogens is 132 g/mol. The molecule has 0 aliphatic carbocycles. The summed E-state index contributed by atoms with van der Waals surface area (Å²) in [5.41, 5.74) is 0. The predicted octanol–water partition coefficient (Wildman–Crippen LogP) is 0.463. The molecule has 0 radical (unpaired) electrons. The second-order valence-electron chi connectivity index (χ2n) is 2.20. The van der Waals surface area contributed by atoms with Crippen LogP contribution in [0.5, 0.6) is 0 Å². The minimum absolute atomic E-state index is 0.649. The molecule has 1 aliphatic rings. The van der Waals surface area contributed by atoms with Gasteiger partial charge in [0.05, 0.1) is 11.8 Å². The molecule has 1 saturated heterocycles. The largest absolute Gasteiger partial charge is 0.316 e. The van der Waals surface area contributed by atoms with Gasteiger partial charge < -0.3 is 5.32 Å². The van der Waals surface area contributed by atoms with Gasteiger partial charge in [-0.2, -0.15) is 5.26 Å². The standard InChI is InChI=1S/C6H10N2S/c7-1-2-9-5-6-3-8-4-6/h6,8H,2-5H2. The van der Waals surface area contributed by atoms with Crippen molar-refractivity contribution in [2.24, 2.45) is 5.92 Å². The minimum Gasteiger partial charge on any atom is -0.316 e. The summed E-state index contributed by atoms with van der Waals surface area (Å²) in [6.45, 7) is 2.30. The van der Waals surface area contributed by atoms with Gasteiger partial charge in [0.25, 0.3) is 0 Å². The van der Waals surface area contributed by atoms with Crippen molar-refractivity contribution in [3.63, 3.8) is 0 Å². The van der Waals surface area contributed by atoms with Crippen LogP contribution < -0.4 is 5.32 Å². The Morgan fingerprint density at radius 2 is 2.44 bits per heavy atom. The Hall–Kier alpha value is -0.200. The maximum absolute atomic E-state index is 8.18. The van der Waals surface area contributed by atoms with E-state index in [-0.39, 0.29) is 0 Å². The van der Waals surface area contributed by atoms with Crippen molar-refractivity contribution in [1.29, 1.82) is 5.26 Å². The minimum atomic E-state index is 0.649. The van der Waals surface area contributed by atoms with E-state index in [1.165, 1.54) is 0 Å². The van der Waals surface area contributed by atoms with E-state index in [0.29, 0.717) is 5.75 Å². The van der Waals surface area contributed by atoms with Gasteiger partial charge in [0.1, 0.15) is 0 Å². The van der Waals surface area contributed by atoms with Crippen molar-refractivity contribution in [3.05, 3.63) is 0 Å². The molecule has 0 amide bonds. The molecule has 3 heteroatoms. The van der Waals surface area contributed by atoms with Crippen molar-refractivity contribution in [1.82, 2.24) is 5.32 Å². The Kier molecular flexibility index (Phi) is 2.88. The Morgan fingerprint density at radius 1 is 1.67 bits per heavy atom. The first-order valence-electron chi connectivity index (χ1n) is 3.09. The smallest absolute Gasteiger partial charge is 0.0808 e. The van der Waals surface area contributed by atoms with Crippen LogP contribution in [0.15, 0.2) is 0 Å². The van der Waals surface area contributed by atoms with Crippen molar-refractivity contribution in [2.75, 3.05) is 24.6 Å². The zero-order valence-corrected chi connectivity index (χ0v) is 6.08. The van der Waals surface area contributed by atoms with E-state index in [9.17, 15) is 0 Å². The van der Waals surface area contributed by atoms with Gasteiger partial charge in [0, 0.05) is 0 Å². The molecule has 1 rings (SSSR count). The molecule has 0 aromatic carbocycles. The molecule has 0 spiro atoms. The third kappa shape index (κ3) is 2.25. The number of thioether (sulfide) groups is 1. The number of nitriles is 1. The van der Waals surface area contributed by atoms with Gasteiger partial charge in [-0.05, 0) is 24.8 Å². The van der Waals surface area contributed by atoms with Crippen molar-refractivity contribution < 1.29 is 0 Å². The fourth-order valence-corrected chi connectivity index (χ4v) is 1.52. The lowest BCUT2D eigenvalue weighted by atomic mass is 10.1. The highest BCUT2D eigenvalue weighted by Gasteiger charge is 2.15. The van der Waals surface area contributed by atoms with Crippen LogP contribution in [0.25, 0.3) is 0 Å². The first-order valence-corrected chi connectivity index (χ1v) is 4.24. The van der Waals surface area contributed by atoms with E-state index >= 15 is 0 Å². The summed E-state index contributed by atoms with van der Waals surface area (Å²) >= 11 is 1.74. The van der Waals surface area contributed by atoms with Gasteiger partial charge in [-0.1, -0.05) is 0 Å². The van der Waals surface area contributed by atoms with Gasteiger partial charge in [-0.15, -0.1) is 11.8 Å². The number of hydrogen-bond donors (Lipinski definition) is 1. The quantitative estimate of drug-likeness (QED) is 0.582. The van der Waals surface area contributed by atoms with E-state index in [2.05, 4.69) is 11.4 Å². The van der Waals surface area contributed by atoms with E-state index in [0.717, 1.165) is 24.8 Å². The lowest BCUT2D eigenvalue weighted by Crippen LogP contribution is -2.43. The summed E-state index contributed by atoms with van der Waals surface area (Å²) in [5, 5.41) is 11.4. The van der Waals surface area contributed by atoms with Crippen molar-refractivity contribution in [2.45, 2.75) is 0 Å². The fraction of sp³-hybridized carbons (Fsp3) is 0.833. The van der Waals surface area contributed by atoms with E-state index in [4.69, 9.17) is 5.26 Å². The summed E-state index contributed by atoms with van der Waals surface area (Å²) in [6, 6.07) is 2.11. The molecule has 0 bridgehead atoms. The summed E-state index contributed by atoms with van der Waals surface area (Å²) in [4.78, 5) is 0. The van der Waals surface area contributed by atoms with Crippen LogP contribution in [-0.2, 0) is 0 Å². The average molecular weight is 142 g/mol. The third-order valence-electron chi connectivity index (χ3n) is 1.39. The average Bonchev–Trinajstić information content (AvgIpc) is 1.76. The van der Waals surface area contributed by atoms with Gasteiger partial charge in [-0.3, -0.25) is 0 Å². The Labute approximate surface area is 59.6 Å². The second kappa shape index (κ2) is 3.76. The Bertz CT molecular complexity index is 115. The van der Waals surface area contributed by atoms with Crippen LogP contribution in [0.4, 0.5) is 0 Å². The van der Waals surface area contributed by atoms with Crippen LogP contribution in [0.3, 0.4) is 0 Å². The van der Waals surface area contributed by atoms with E-state index in [1.54, 1.807) is 11.8 Å². The molecule has 9 heavy (non-hydrogen) atoms. The summed E-state index contributed by atoms with van der Waals surface area (Å²) < 4.78 is 0. The summed E-state index contributed by atoms with van der Waals surface area (Å²) in [6.07, 6.45) is 0. The molecule has 2 nitrogen and oxygen atoms in total. The van der Waals surface area contributed by atoms with Gasteiger partial charge in [0.15, 0.2) is 0 Å². The van der Waals surface area contributed by atoms with Crippen molar-refractivity contribution >= 4 is 11.8 Å². The summed E-state index contributed by atoms with van der Waals surface area (Å²) in [7, 11) is 0.